The molecule has 1 heterocycles. The lowest BCUT2D eigenvalue weighted by molar-refractivity contribution is 0.199. The van der Waals surface area contributed by atoms with Gasteiger partial charge in [0.25, 0.3) is 0 Å². The highest BCUT2D eigenvalue weighted by Crippen LogP contribution is 2.37. The molecular formula is C14H24N4O. The summed E-state index contributed by atoms with van der Waals surface area (Å²) >= 11 is 0. The van der Waals surface area contributed by atoms with Crippen LogP contribution in [0.1, 0.15) is 49.9 Å². The van der Waals surface area contributed by atoms with Crippen LogP contribution in [-0.2, 0) is 0 Å². The molecule has 5 nitrogen and oxygen atoms in total. The van der Waals surface area contributed by atoms with Gasteiger partial charge >= 0.3 is 0 Å². The van der Waals surface area contributed by atoms with Crippen molar-refractivity contribution in [2.45, 2.75) is 50.2 Å². The summed E-state index contributed by atoms with van der Waals surface area (Å²) in [6.07, 6.45) is 9.82. The fraction of sp³-hybridized carbons (Fsp3) is 0.786. The average molecular weight is 264 g/mol. The first kappa shape index (κ1) is 13.1. The first-order valence-electron chi connectivity index (χ1n) is 7.42. The normalized spacial score (nSPS) is 28.7. The second kappa shape index (κ2) is 5.61. The van der Waals surface area contributed by atoms with Crippen LogP contribution in [-0.4, -0.2) is 33.9 Å². The molecule has 106 valence electrons. The maximum absolute atomic E-state index is 9.42. The Bertz CT molecular complexity index is 415. The minimum atomic E-state index is 0.153. The van der Waals surface area contributed by atoms with E-state index in [2.05, 4.69) is 14.9 Å². The first-order valence-corrected chi connectivity index (χ1v) is 7.42. The van der Waals surface area contributed by atoms with Crippen molar-refractivity contribution in [1.82, 2.24) is 14.9 Å². The minimum Gasteiger partial charge on any atom is -0.396 e. The van der Waals surface area contributed by atoms with E-state index in [1.54, 1.807) is 0 Å². The Hall–Kier alpha value is -0.910. The van der Waals surface area contributed by atoms with Crippen molar-refractivity contribution in [3.63, 3.8) is 0 Å². The highest BCUT2D eigenvalue weighted by Gasteiger charge is 2.31. The van der Waals surface area contributed by atoms with Crippen LogP contribution in [0.4, 0.5) is 0 Å². The third-order valence-electron chi connectivity index (χ3n) is 4.54. The summed E-state index contributed by atoms with van der Waals surface area (Å²) in [7, 11) is 0. The van der Waals surface area contributed by atoms with Gasteiger partial charge in [-0.05, 0) is 31.6 Å². The molecule has 0 aliphatic heterocycles. The third-order valence-corrected chi connectivity index (χ3v) is 4.54. The summed E-state index contributed by atoms with van der Waals surface area (Å²) in [5.74, 6) is 0.381. The quantitative estimate of drug-likeness (QED) is 0.715. The molecule has 2 saturated carbocycles. The fourth-order valence-corrected chi connectivity index (χ4v) is 3.25. The number of aliphatic hydroxyl groups is 1. The molecule has 0 bridgehead atoms. The lowest BCUT2D eigenvalue weighted by Crippen LogP contribution is -2.40. The topological polar surface area (TPSA) is 76.1 Å². The molecule has 3 unspecified atom stereocenters. The Labute approximate surface area is 114 Å². The van der Waals surface area contributed by atoms with Crippen molar-refractivity contribution in [3.8, 4) is 0 Å². The smallest absolute Gasteiger partial charge is 0.0951 e. The van der Waals surface area contributed by atoms with Crippen LogP contribution in [0.2, 0.25) is 0 Å². The summed E-state index contributed by atoms with van der Waals surface area (Å²) in [6, 6.07) is 1.17. The molecule has 3 atom stereocenters. The van der Waals surface area contributed by atoms with Crippen LogP contribution >= 0.6 is 0 Å². The van der Waals surface area contributed by atoms with E-state index < -0.39 is 0 Å². The predicted molar refractivity (Wildman–Crippen MR) is 73.6 cm³/mol. The van der Waals surface area contributed by atoms with Crippen LogP contribution in [0, 0.1) is 5.92 Å². The van der Waals surface area contributed by atoms with Gasteiger partial charge in [-0.3, -0.25) is 0 Å². The number of rotatable bonds is 6. The molecule has 4 N–H and O–H groups in total. The van der Waals surface area contributed by atoms with Crippen molar-refractivity contribution in [2.24, 2.45) is 11.7 Å². The average Bonchev–Trinajstić information content (AvgIpc) is 3.00. The van der Waals surface area contributed by atoms with E-state index in [0.29, 0.717) is 24.5 Å². The van der Waals surface area contributed by atoms with Gasteiger partial charge in [-0.15, -0.1) is 0 Å². The van der Waals surface area contributed by atoms with Gasteiger partial charge in [0.15, 0.2) is 0 Å². The number of hydrogen-bond donors (Lipinski definition) is 3. The summed E-state index contributed by atoms with van der Waals surface area (Å²) in [5, 5.41) is 13.1. The van der Waals surface area contributed by atoms with Gasteiger partial charge in [-0.25, -0.2) is 4.98 Å². The molecule has 2 aliphatic rings. The van der Waals surface area contributed by atoms with Crippen molar-refractivity contribution in [2.75, 3.05) is 13.2 Å². The van der Waals surface area contributed by atoms with E-state index >= 15 is 0 Å². The minimum absolute atomic E-state index is 0.153. The van der Waals surface area contributed by atoms with Gasteiger partial charge in [0.2, 0.25) is 0 Å². The highest BCUT2D eigenvalue weighted by atomic mass is 16.3. The Kier molecular flexibility index (Phi) is 3.86. The van der Waals surface area contributed by atoms with E-state index in [9.17, 15) is 5.11 Å². The maximum atomic E-state index is 9.42. The van der Waals surface area contributed by atoms with Crippen LogP contribution < -0.4 is 11.1 Å². The number of hydrogen-bond acceptors (Lipinski definition) is 4. The van der Waals surface area contributed by atoms with Gasteiger partial charge in [-0.1, -0.05) is 6.42 Å². The van der Waals surface area contributed by atoms with Crippen LogP contribution in [0.5, 0.6) is 0 Å². The van der Waals surface area contributed by atoms with Gasteiger partial charge in [0, 0.05) is 31.4 Å². The van der Waals surface area contributed by atoms with E-state index in [4.69, 9.17) is 5.73 Å². The summed E-state index contributed by atoms with van der Waals surface area (Å²) in [4.78, 5) is 4.28. The van der Waals surface area contributed by atoms with Gasteiger partial charge < -0.3 is 20.7 Å². The molecule has 1 aromatic heterocycles. The molecule has 2 aliphatic carbocycles. The van der Waals surface area contributed by atoms with E-state index in [0.717, 1.165) is 12.8 Å². The number of nitrogens with zero attached hydrogens (tertiary/aromatic N) is 2. The summed E-state index contributed by atoms with van der Waals surface area (Å²) in [6.45, 7) is 0.851. The van der Waals surface area contributed by atoms with Crippen molar-refractivity contribution < 1.29 is 5.11 Å². The standard InChI is InChI=1S/C14H24N4O/c15-6-13(17-12-3-1-2-10(12)8-19)14-7-16-9-18(14)11-4-5-11/h7,9-13,17,19H,1-6,8,15H2. The van der Waals surface area contributed by atoms with Gasteiger partial charge in [0.1, 0.15) is 0 Å². The zero-order chi connectivity index (χ0) is 13.2. The molecule has 0 amide bonds. The third kappa shape index (κ3) is 2.68. The molecule has 0 saturated heterocycles. The number of nitrogens with two attached hydrogens (primary N) is 1. The molecular weight excluding hydrogens is 240 g/mol. The predicted octanol–water partition coefficient (Wildman–Crippen LogP) is 0.968. The molecule has 0 spiro atoms. The van der Waals surface area contributed by atoms with Crippen molar-refractivity contribution >= 4 is 0 Å². The van der Waals surface area contributed by atoms with Crippen LogP contribution in [0.15, 0.2) is 12.5 Å². The van der Waals surface area contributed by atoms with Gasteiger partial charge in [-0.2, -0.15) is 0 Å². The number of imidazole rings is 1. The molecule has 0 radical (unpaired) electrons. The molecule has 0 aromatic carbocycles. The monoisotopic (exact) mass is 264 g/mol. The van der Waals surface area contributed by atoms with Gasteiger partial charge in [0.05, 0.1) is 18.1 Å². The van der Waals surface area contributed by atoms with E-state index in [1.165, 1.54) is 25.0 Å². The van der Waals surface area contributed by atoms with E-state index in [1.807, 2.05) is 12.5 Å². The lowest BCUT2D eigenvalue weighted by atomic mass is 10.0. The fourth-order valence-electron chi connectivity index (χ4n) is 3.25. The summed E-state index contributed by atoms with van der Waals surface area (Å²) in [5.41, 5.74) is 7.15. The van der Waals surface area contributed by atoms with Crippen molar-refractivity contribution in [1.29, 1.82) is 0 Å². The first-order chi connectivity index (χ1) is 9.33. The molecule has 3 rings (SSSR count). The number of aromatic nitrogens is 2. The molecule has 5 heteroatoms. The number of aliphatic hydroxyl groups excluding tert-OH is 1. The molecule has 1 aromatic rings. The Morgan fingerprint density at radius 3 is 2.95 bits per heavy atom. The summed E-state index contributed by atoms with van der Waals surface area (Å²) < 4.78 is 2.27. The molecule has 19 heavy (non-hydrogen) atoms. The SMILES string of the molecule is NCC(NC1CCCC1CO)c1cncn1C1CC1. The van der Waals surface area contributed by atoms with E-state index in [-0.39, 0.29) is 12.6 Å². The van der Waals surface area contributed by atoms with Crippen LogP contribution in [0.25, 0.3) is 0 Å². The zero-order valence-corrected chi connectivity index (χ0v) is 11.3. The number of nitrogens with one attached hydrogen (secondary N) is 1. The Morgan fingerprint density at radius 1 is 1.42 bits per heavy atom. The zero-order valence-electron chi connectivity index (χ0n) is 11.3. The Morgan fingerprint density at radius 2 is 2.26 bits per heavy atom. The Balaban J connectivity index is 1.71. The van der Waals surface area contributed by atoms with Crippen molar-refractivity contribution in [3.05, 3.63) is 18.2 Å². The largest absolute Gasteiger partial charge is 0.396 e. The second-order valence-electron chi connectivity index (χ2n) is 5.89. The highest BCUT2D eigenvalue weighted by molar-refractivity contribution is 5.10. The second-order valence-corrected chi connectivity index (χ2v) is 5.89. The lowest BCUT2D eigenvalue weighted by Gasteiger charge is -2.26. The maximum Gasteiger partial charge on any atom is 0.0951 e. The molecule has 2 fully saturated rings. The van der Waals surface area contributed by atoms with Crippen LogP contribution in [0.3, 0.4) is 0 Å².